The van der Waals surface area contributed by atoms with Crippen molar-refractivity contribution in [3.05, 3.63) is 12.7 Å². The minimum Gasteiger partial charge on any atom is -0.232 e. The zero-order chi connectivity index (χ0) is 7.40. The summed E-state index contributed by atoms with van der Waals surface area (Å²) in [6.07, 6.45) is 6.88. The largest absolute Gasteiger partial charge is 0.232 e. The van der Waals surface area contributed by atoms with Crippen molar-refractivity contribution in [1.82, 2.24) is 0 Å². The summed E-state index contributed by atoms with van der Waals surface area (Å²) in [7, 11) is 0. The summed E-state index contributed by atoms with van der Waals surface area (Å²) >= 11 is 0. The molecule has 0 amide bonds. The van der Waals surface area contributed by atoms with Crippen molar-refractivity contribution in [2.75, 3.05) is 0 Å². The first-order valence-electron chi connectivity index (χ1n) is 4.11. The molecule has 10 heavy (non-hydrogen) atoms. The second kappa shape index (κ2) is 3.77. The van der Waals surface area contributed by atoms with E-state index in [1.807, 2.05) is 0 Å². The van der Waals surface area contributed by atoms with Crippen molar-refractivity contribution >= 4 is 0 Å². The van der Waals surface area contributed by atoms with Crippen LogP contribution in [0.3, 0.4) is 0 Å². The van der Waals surface area contributed by atoms with Gasteiger partial charge in [0.1, 0.15) is 0 Å². The summed E-state index contributed by atoms with van der Waals surface area (Å²) in [4.78, 5) is 0. The molecule has 0 spiro atoms. The zero-order valence-corrected chi connectivity index (χ0v) is 6.38. The Morgan fingerprint density at radius 3 is 2.60 bits per heavy atom. The third-order valence-electron chi connectivity index (χ3n) is 2.32. The van der Waals surface area contributed by atoms with Crippen molar-refractivity contribution in [3.8, 4) is 0 Å². The van der Waals surface area contributed by atoms with E-state index in [-0.39, 0.29) is 6.10 Å². The van der Waals surface area contributed by atoms with Crippen molar-refractivity contribution in [3.63, 3.8) is 0 Å². The molecule has 1 fully saturated rings. The Kier molecular flexibility index (Phi) is 2.94. The van der Waals surface area contributed by atoms with Gasteiger partial charge in [-0.25, -0.2) is 5.11 Å². The molecule has 57 valence electrons. The molecule has 0 bridgehead atoms. The molecule has 1 rings (SSSR count). The first kappa shape index (κ1) is 7.80. The van der Waals surface area contributed by atoms with Crippen LogP contribution in [0.25, 0.3) is 0 Å². The van der Waals surface area contributed by atoms with E-state index >= 15 is 0 Å². The van der Waals surface area contributed by atoms with Crippen LogP contribution in [0.15, 0.2) is 12.7 Å². The second-order valence-electron chi connectivity index (χ2n) is 3.11. The van der Waals surface area contributed by atoms with Gasteiger partial charge in [-0.05, 0) is 25.2 Å². The van der Waals surface area contributed by atoms with Crippen molar-refractivity contribution in [2.24, 2.45) is 5.92 Å². The van der Waals surface area contributed by atoms with Gasteiger partial charge < -0.3 is 0 Å². The minimum absolute atomic E-state index is 0.361. The van der Waals surface area contributed by atoms with Gasteiger partial charge in [0.25, 0.3) is 0 Å². The van der Waals surface area contributed by atoms with Gasteiger partial charge >= 0.3 is 0 Å². The third-order valence-corrected chi connectivity index (χ3v) is 2.32. The van der Waals surface area contributed by atoms with Crippen LogP contribution in [0.5, 0.6) is 0 Å². The van der Waals surface area contributed by atoms with Crippen LogP contribution >= 0.6 is 0 Å². The van der Waals surface area contributed by atoms with Gasteiger partial charge in [-0.1, -0.05) is 18.9 Å². The van der Waals surface area contributed by atoms with Crippen LogP contribution in [-0.2, 0) is 5.11 Å². The smallest absolute Gasteiger partial charge is 0.0992 e. The lowest BCUT2D eigenvalue weighted by Gasteiger charge is -2.12. The van der Waals surface area contributed by atoms with E-state index in [4.69, 9.17) is 0 Å². The highest BCUT2D eigenvalue weighted by atomic mass is 16.3. The van der Waals surface area contributed by atoms with Crippen LogP contribution in [0.1, 0.15) is 32.1 Å². The number of rotatable bonds is 3. The lowest BCUT2D eigenvalue weighted by Crippen LogP contribution is -2.14. The van der Waals surface area contributed by atoms with E-state index in [2.05, 4.69) is 6.58 Å². The van der Waals surface area contributed by atoms with Gasteiger partial charge in [0.05, 0.1) is 6.10 Å². The van der Waals surface area contributed by atoms with E-state index in [1.54, 1.807) is 6.08 Å². The maximum Gasteiger partial charge on any atom is 0.0992 e. The Bertz CT molecular complexity index is 103. The Balaban J connectivity index is 2.24. The first-order valence-corrected chi connectivity index (χ1v) is 4.11. The minimum atomic E-state index is -0.361. The summed E-state index contributed by atoms with van der Waals surface area (Å²) in [5.74, 6) is 0.456. The lowest BCUT2D eigenvalue weighted by molar-refractivity contribution is 0.0415. The molecule has 0 unspecified atom stereocenters. The zero-order valence-electron chi connectivity index (χ0n) is 6.38. The quantitative estimate of drug-likeness (QED) is 0.535. The molecule has 0 heterocycles. The Labute approximate surface area is 62.8 Å². The fourth-order valence-corrected chi connectivity index (χ4v) is 1.69. The Morgan fingerprint density at radius 2 is 2.10 bits per heavy atom. The molecule has 0 N–H and O–H groups in total. The summed E-state index contributed by atoms with van der Waals surface area (Å²) in [6, 6.07) is 0. The van der Waals surface area contributed by atoms with E-state index in [9.17, 15) is 5.11 Å². The van der Waals surface area contributed by atoms with Crippen molar-refractivity contribution in [2.45, 2.75) is 38.2 Å². The first-order chi connectivity index (χ1) is 4.84. The van der Waals surface area contributed by atoms with E-state index in [0.717, 1.165) is 12.8 Å². The molecule has 0 aromatic heterocycles. The van der Waals surface area contributed by atoms with Gasteiger partial charge in [0, 0.05) is 0 Å². The van der Waals surface area contributed by atoms with E-state index in [0.29, 0.717) is 12.3 Å². The average Bonchev–Trinajstić information content (AvgIpc) is 2.38. The average molecular weight is 139 g/mol. The second-order valence-corrected chi connectivity index (χ2v) is 3.11. The van der Waals surface area contributed by atoms with Crippen LogP contribution in [0, 0.1) is 5.92 Å². The van der Waals surface area contributed by atoms with Crippen LogP contribution in [-0.4, -0.2) is 6.10 Å². The van der Waals surface area contributed by atoms with Crippen LogP contribution in [0.2, 0.25) is 0 Å². The third kappa shape index (κ3) is 1.84. The Morgan fingerprint density at radius 1 is 1.50 bits per heavy atom. The molecule has 1 aliphatic carbocycles. The summed E-state index contributed by atoms with van der Waals surface area (Å²) in [5.41, 5.74) is 0. The van der Waals surface area contributed by atoms with Crippen LogP contribution in [0.4, 0.5) is 0 Å². The maximum atomic E-state index is 11.3. The molecule has 1 radical (unpaired) electrons. The number of hydrogen-bond donors (Lipinski definition) is 0. The summed E-state index contributed by atoms with van der Waals surface area (Å²) < 4.78 is 0. The van der Waals surface area contributed by atoms with Gasteiger partial charge in [0.15, 0.2) is 0 Å². The fraction of sp³-hybridized carbons (Fsp3) is 0.778. The predicted molar refractivity (Wildman–Crippen MR) is 41.2 cm³/mol. The SMILES string of the molecule is C=CC[C@H]([O])C1CCCC1. The van der Waals surface area contributed by atoms with Gasteiger partial charge in [-0.15, -0.1) is 6.58 Å². The highest BCUT2D eigenvalue weighted by Gasteiger charge is 2.22. The normalized spacial score (nSPS) is 22.9. The predicted octanol–water partition coefficient (Wildman–Crippen LogP) is 2.55. The molecule has 0 aromatic rings. The molecule has 0 saturated heterocycles. The Hall–Kier alpha value is -0.300. The standard InChI is InChI=1S/C9H15O/c1-2-5-9(10)8-6-3-4-7-8/h2,8-9H,1,3-7H2/t9-/m0/s1. The van der Waals surface area contributed by atoms with Gasteiger partial charge in [0.2, 0.25) is 0 Å². The van der Waals surface area contributed by atoms with Crippen molar-refractivity contribution in [1.29, 1.82) is 0 Å². The maximum absolute atomic E-state index is 11.3. The van der Waals surface area contributed by atoms with E-state index < -0.39 is 0 Å². The number of hydrogen-bond acceptors (Lipinski definition) is 0. The molecular weight excluding hydrogens is 124 g/mol. The highest BCUT2D eigenvalue weighted by Crippen LogP contribution is 2.29. The lowest BCUT2D eigenvalue weighted by atomic mass is 9.98. The van der Waals surface area contributed by atoms with Crippen LogP contribution < -0.4 is 0 Å². The van der Waals surface area contributed by atoms with Crippen molar-refractivity contribution < 1.29 is 5.11 Å². The molecule has 0 aliphatic heterocycles. The summed E-state index contributed by atoms with van der Waals surface area (Å²) in [5, 5.41) is 11.3. The molecular formula is C9H15O. The van der Waals surface area contributed by atoms with Gasteiger partial charge in [-0.2, -0.15) is 0 Å². The topological polar surface area (TPSA) is 19.9 Å². The highest BCUT2D eigenvalue weighted by molar-refractivity contribution is 4.80. The molecule has 1 nitrogen and oxygen atoms in total. The monoisotopic (exact) mass is 139 g/mol. The van der Waals surface area contributed by atoms with Gasteiger partial charge in [-0.3, -0.25) is 0 Å². The fourth-order valence-electron chi connectivity index (χ4n) is 1.69. The molecule has 1 saturated carbocycles. The molecule has 1 aliphatic rings. The van der Waals surface area contributed by atoms with E-state index in [1.165, 1.54) is 12.8 Å². The molecule has 1 atom stereocenters. The molecule has 1 heteroatoms. The molecule has 0 aromatic carbocycles. The summed E-state index contributed by atoms with van der Waals surface area (Å²) in [6.45, 7) is 3.57.